The zero-order valence-corrected chi connectivity index (χ0v) is 17.2. The molecule has 0 unspecified atom stereocenters. The first kappa shape index (κ1) is 21.4. The Kier molecular flexibility index (Phi) is 7.06. The summed E-state index contributed by atoms with van der Waals surface area (Å²) in [5.41, 5.74) is 1.66. The summed E-state index contributed by atoms with van der Waals surface area (Å²) < 4.78 is 10.7. The molecule has 7 heteroatoms. The van der Waals surface area contributed by atoms with Crippen LogP contribution in [0.3, 0.4) is 0 Å². The maximum atomic E-state index is 12.4. The lowest BCUT2D eigenvalue weighted by Gasteiger charge is -2.17. The Balaban J connectivity index is 1.47. The number of nitrogens with one attached hydrogen (secondary N) is 1. The molecule has 7 nitrogen and oxygen atoms in total. The number of benzene rings is 2. The highest BCUT2D eigenvalue weighted by atomic mass is 16.5. The van der Waals surface area contributed by atoms with Gasteiger partial charge < -0.3 is 19.7 Å². The number of rotatable bonds is 8. The highest BCUT2D eigenvalue weighted by molar-refractivity contribution is 5.99. The van der Waals surface area contributed by atoms with Gasteiger partial charge in [0.2, 0.25) is 5.91 Å². The van der Waals surface area contributed by atoms with Crippen LogP contribution in [0.2, 0.25) is 0 Å². The zero-order chi connectivity index (χ0) is 21.5. The molecule has 0 bridgehead atoms. The lowest BCUT2D eigenvalue weighted by molar-refractivity contribution is -0.152. The number of amides is 2. The van der Waals surface area contributed by atoms with Crippen LogP contribution in [0.1, 0.15) is 25.8 Å². The summed E-state index contributed by atoms with van der Waals surface area (Å²) in [6.45, 7) is 4.11. The first-order valence-corrected chi connectivity index (χ1v) is 9.96. The van der Waals surface area contributed by atoms with Crippen LogP contribution in [0.25, 0.3) is 0 Å². The molecular formula is C23H26N2O5. The van der Waals surface area contributed by atoms with E-state index in [9.17, 15) is 14.4 Å². The van der Waals surface area contributed by atoms with Crippen LogP contribution in [0.5, 0.6) is 5.75 Å². The maximum Gasteiger partial charge on any atom is 0.311 e. The van der Waals surface area contributed by atoms with E-state index in [1.165, 1.54) is 0 Å². The van der Waals surface area contributed by atoms with Crippen LogP contribution in [0.15, 0.2) is 54.6 Å². The topological polar surface area (TPSA) is 84.9 Å². The molecule has 2 aromatic rings. The number of anilines is 1. The fourth-order valence-electron chi connectivity index (χ4n) is 3.19. The predicted octanol–water partition coefficient (Wildman–Crippen LogP) is 2.69. The lowest BCUT2D eigenvalue weighted by Crippen LogP contribution is -2.31. The van der Waals surface area contributed by atoms with Crippen molar-refractivity contribution in [3.8, 4) is 5.75 Å². The molecule has 1 N–H and O–H groups in total. The summed E-state index contributed by atoms with van der Waals surface area (Å²) in [7, 11) is 0. The molecule has 0 saturated carbocycles. The van der Waals surface area contributed by atoms with E-state index in [0.29, 0.717) is 12.2 Å². The van der Waals surface area contributed by atoms with Crippen molar-refractivity contribution in [2.45, 2.75) is 32.9 Å². The number of nitrogens with zero attached hydrogens (tertiary/aromatic N) is 1. The standard InChI is InChI=1S/C23H26N2O5/c1-16(2)30-20-10-8-19(9-11-20)25-14-18(12-22(25)27)23(28)29-15-21(26)24-13-17-6-4-3-5-7-17/h3-11,16,18H,12-15H2,1-2H3,(H,24,26)/t18-/m0/s1. The van der Waals surface area contributed by atoms with Crippen LogP contribution in [-0.4, -0.2) is 37.0 Å². The summed E-state index contributed by atoms with van der Waals surface area (Å²) in [6, 6.07) is 16.6. The smallest absolute Gasteiger partial charge is 0.311 e. The van der Waals surface area contributed by atoms with E-state index >= 15 is 0 Å². The molecule has 1 saturated heterocycles. The van der Waals surface area contributed by atoms with E-state index < -0.39 is 11.9 Å². The van der Waals surface area contributed by atoms with Gasteiger partial charge in [0.15, 0.2) is 6.61 Å². The zero-order valence-electron chi connectivity index (χ0n) is 17.2. The third kappa shape index (κ3) is 5.83. The van der Waals surface area contributed by atoms with Gasteiger partial charge in [0.25, 0.3) is 5.91 Å². The minimum atomic E-state index is -0.592. The first-order chi connectivity index (χ1) is 14.4. The lowest BCUT2D eigenvalue weighted by atomic mass is 10.1. The van der Waals surface area contributed by atoms with Gasteiger partial charge >= 0.3 is 5.97 Å². The van der Waals surface area contributed by atoms with Gasteiger partial charge in [-0.3, -0.25) is 14.4 Å². The number of hydrogen-bond donors (Lipinski definition) is 1. The van der Waals surface area contributed by atoms with Crippen LogP contribution < -0.4 is 15.0 Å². The van der Waals surface area contributed by atoms with Gasteiger partial charge in [-0.15, -0.1) is 0 Å². The quantitative estimate of drug-likeness (QED) is 0.677. The van der Waals surface area contributed by atoms with Gasteiger partial charge in [-0.1, -0.05) is 30.3 Å². The highest BCUT2D eigenvalue weighted by Crippen LogP contribution is 2.27. The van der Waals surface area contributed by atoms with E-state index in [1.807, 2.05) is 44.2 Å². The normalized spacial score (nSPS) is 15.9. The first-order valence-electron chi connectivity index (χ1n) is 9.96. The number of esters is 1. The number of carbonyl (C=O) groups is 3. The van der Waals surface area contributed by atoms with Gasteiger partial charge in [0.1, 0.15) is 5.75 Å². The summed E-state index contributed by atoms with van der Waals surface area (Å²) in [5, 5.41) is 2.70. The van der Waals surface area contributed by atoms with Crippen LogP contribution >= 0.6 is 0 Å². The van der Waals surface area contributed by atoms with E-state index in [4.69, 9.17) is 9.47 Å². The molecule has 0 aromatic heterocycles. The second kappa shape index (κ2) is 9.91. The SMILES string of the molecule is CC(C)Oc1ccc(N2C[C@@H](C(=O)OCC(=O)NCc3ccccc3)CC2=O)cc1. The Labute approximate surface area is 176 Å². The second-order valence-corrected chi connectivity index (χ2v) is 7.44. The summed E-state index contributed by atoms with van der Waals surface area (Å²) in [4.78, 5) is 38.2. The Bertz CT molecular complexity index is 880. The van der Waals surface area contributed by atoms with E-state index in [0.717, 1.165) is 11.3 Å². The number of hydrogen-bond acceptors (Lipinski definition) is 5. The molecule has 2 aromatic carbocycles. The molecular weight excluding hydrogens is 384 g/mol. The molecule has 158 valence electrons. The Morgan fingerprint density at radius 1 is 1.10 bits per heavy atom. The van der Waals surface area contributed by atoms with E-state index in [-0.39, 0.29) is 37.5 Å². The van der Waals surface area contributed by atoms with Gasteiger partial charge in [-0.2, -0.15) is 0 Å². The number of carbonyl (C=O) groups excluding carboxylic acids is 3. The van der Waals surface area contributed by atoms with Crippen molar-refractivity contribution in [1.29, 1.82) is 0 Å². The van der Waals surface area contributed by atoms with Crippen LogP contribution in [0, 0.1) is 5.92 Å². The molecule has 1 fully saturated rings. The predicted molar refractivity (Wildman–Crippen MR) is 112 cm³/mol. The maximum absolute atomic E-state index is 12.4. The van der Waals surface area contributed by atoms with Crippen molar-refractivity contribution in [2.75, 3.05) is 18.1 Å². The van der Waals surface area contributed by atoms with Crippen LogP contribution in [-0.2, 0) is 25.7 Å². The van der Waals surface area contributed by atoms with Crippen molar-refractivity contribution in [1.82, 2.24) is 5.32 Å². The Hall–Kier alpha value is -3.35. The molecule has 0 spiro atoms. The summed E-state index contributed by atoms with van der Waals surface area (Å²) in [6.07, 6.45) is 0.127. The van der Waals surface area contributed by atoms with Crippen molar-refractivity contribution >= 4 is 23.5 Å². The van der Waals surface area contributed by atoms with Crippen molar-refractivity contribution in [2.24, 2.45) is 5.92 Å². The van der Waals surface area contributed by atoms with Crippen molar-refractivity contribution in [3.63, 3.8) is 0 Å². The summed E-state index contributed by atoms with van der Waals surface area (Å²) >= 11 is 0. The van der Waals surface area contributed by atoms with Gasteiger partial charge in [0.05, 0.1) is 12.0 Å². The molecule has 2 amide bonds. The molecule has 1 aliphatic rings. The third-order valence-electron chi connectivity index (χ3n) is 4.66. The molecule has 1 atom stereocenters. The average molecular weight is 410 g/mol. The van der Waals surface area contributed by atoms with Crippen molar-refractivity contribution < 1.29 is 23.9 Å². The van der Waals surface area contributed by atoms with Crippen molar-refractivity contribution in [3.05, 3.63) is 60.2 Å². The molecule has 0 radical (unpaired) electrons. The molecule has 30 heavy (non-hydrogen) atoms. The van der Waals surface area contributed by atoms with E-state index in [2.05, 4.69) is 5.32 Å². The fourth-order valence-corrected chi connectivity index (χ4v) is 3.19. The average Bonchev–Trinajstić information content (AvgIpc) is 3.13. The minimum Gasteiger partial charge on any atom is -0.491 e. The Morgan fingerprint density at radius 3 is 2.47 bits per heavy atom. The van der Waals surface area contributed by atoms with Gasteiger partial charge in [-0.25, -0.2) is 0 Å². The Morgan fingerprint density at radius 2 is 1.80 bits per heavy atom. The molecule has 1 aliphatic heterocycles. The number of ether oxygens (including phenoxy) is 2. The van der Waals surface area contributed by atoms with E-state index in [1.54, 1.807) is 29.2 Å². The molecule has 1 heterocycles. The highest BCUT2D eigenvalue weighted by Gasteiger charge is 2.36. The third-order valence-corrected chi connectivity index (χ3v) is 4.66. The van der Waals surface area contributed by atoms with Crippen LogP contribution in [0.4, 0.5) is 5.69 Å². The van der Waals surface area contributed by atoms with Gasteiger partial charge in [0, 0.05) is 25.2 Å². The largest absolute Gasteiger partial charge is 0.491 e. The minimum absolute atomic E-state index is 0.0633. The van der Waals surface area contributed by atoms with Gasteiger partial charge in [-0.05, 0) is 43.7 Å². The fraction of sp³-hybridized carbons (Fsp3) is 0.348. The monoisotopic (exact) mass is 410 g/mol. The summed E-state index contributed by atoms with van der Waals surface area (Å²) in [5.74, 6) is -0.943. The molecule has 0 aliphatic carbocycles. The molecule has 3 rings (SSSR count). The second-order valence-electron chi connectivity index (χ2n) is 7.44.